The molecular formula is C16H22N4O. The molecule has 0 saturated carbocycles. The molecule has 0 aliphatic heterocycles. The van der Waals surface area contributed by atoms with Gasteiger partial charge >= 0.3 is 0 Å². The summed E-state index contributed by atoms with van der Waals surface area (Å²) in [4.78, 5) is 8.80. The highest BCUT2D eigenvalue weighted by molar-refractivity contribution is 5.42. The third-order valence-electron chi connectivity index (χ3n) is 3.01. The highest BCUT2D eigenvalue weighted by Gasteiger charge is 2.01. The molecule has 0 spiro atoms. The lowest BCUT2D eigenvalue weighted by molar-refractivity contribution is 0.210. The quantitative estimate of drug-likeness (QED) is 0.730. The molecule has 1 aromatic carbocycles. The Labute approximate surface area is 125 Å². The fraction of sp³-hybridized carbons (Fsp3) is 0.375. The summed E-state index contributed by atoms with van der Waals surface area (Å²) < 4.78 is 5.00. The first kappa shape index (κ1) is 15.3. The summed E-state index contributed by atoms with van der Waals surface area (Å²) in [7, 11) is 1.68. The largest absolute Gasteiger partial charge is 0.383 e. The zero-order valence-electron chi connectivity index (χ0n) is 12.6. The van der Waals surface area contributed by atoms with Crippen LogP contribution < -0.4 is 10.6 Å². The van der Waals surface area contributed by atoms with Gasteiger partial charge in [-0.3, -0.25) is 0 Å². The van der Waals surface area contributed by atoms with Crippen LogP contribution in [0.15, 0.2) is 36.4 Å². The maximum Gasteiger partial charge on any atom is 0.224 e. The summed E-state index contributed by atoms with van der Waals surface area (Å²) in [6, 6.07) is 12.4. The third kappa shape index (κ3) is 5.39. The molecule has 0 bridgehead atoms. The van der Waals surface area contributed by atoms with Crippen molar-refractivity contribution in [2.24, 2.45) is 0 Å². The van der Waals surface area contributed by atoms with E-state index in [4.69, 9.17) is 4.74 Å². The number of benzene rings is 1. The van der Waals surface area contributed by atoms with Gasteiger partial charge in [-0.05, 0) is 18.9 Å². The minimum Gasteiger partial charge on any atom is -0.383 e. The summed E-state index contributed by atoms with van der Waals surface area (Å²) in [5, 5.41) is 6.49. The number of hydrogen-bond donors (Lipinski definition) is 2. The van der Waals surface area contributed by atoms with Crippen LogP contribution in [0.4, 0.5) is 11.8 Å². The number of anilines is 2. The molecule has 5 heteroatoms. The first-order valence-electron chi connectivity index (χ1n) is 7.14. The van der Waals surface area contributed by atoms with Crippen molar-refractivity contribution in [1.82, 2.24) is 9.97 Å². The lowest BCUT2D eigenvalue weighted by Crippen LogP contribution is -2.13. The average Bonchev–Trinajstić information content (AvgIpc) is 2.48. The van der Waals surface area contributed by atoms with Gasteiger partial charge in [0.15, 0.2) is 0 Å². The smallest absolute Gasteiger partial charge is 0.224 e. The Kier molecular flexibility index (Phi) is 5.97. The number of aromatic nitrogens is 2. The van der Waals surface area contributed by atoms with Gasteiger partial charge in [-0.15, -0.1) is 0 Å². The summed E-state index contributed by atoms with van der Waals surface area (Å²) in [6.07, 6.45) is 0.969. The Bertz CT molecular complexity index is 545. The van der Waals surface area contributed by atoms with Gasteiger partial charge in [0.05, 0.1) is 6.61 Å². The highest BCUT2D eigenvalue weighted by Crippen LogP contribution is 2.10. The van der Waals surface area contributed by atoms with Crippen LogP contribution in [0.25, 0.3) is 0 Å². The highest BCUT2D eigenvalue weighted by atomic mass is 16.5. The van der Waals surface area contributed by atoms with E-state index in [9.17, 15) is 0 Å². The van der Waals surface area contributed by atoms with Gasteiger partial charge in [-0.2, -0.15) is 4.98 Å². The monoisotopic (exact) mass is 286 g/mol. The molecule has 112 valence electrons. The SMILES string of the molecule is COCCNc1nc(C)cc(NCCc2ccccc2)n1. The standard InChI is InChI=1S/C16H22N4O/c1-13-12-15(20-16(19-13)18-10-11-21-2)17-9-8-14-6-4-3-5-7-14/h3-7,12H,8-11H2,1-2H3,(H2,17,18,19,20). The van der Waals surface area contributed by atoms with Gasteiger partial charge in [0.2, 0.25) is 5.95 Å². The Morgan fingerprint density at radius 1 is 1.05 bits per heavy atom. The van der Waals surface area contributed by atoms with Crippen LogP contribution in [0.3, 0.4) is 0 Å². The third-order valence-corrected chi connectivity index (χ3v) is 3.01. The zero-order valence-corrected chi connectivity index (χ0v) is 12.6. The van der Waals surface area contributed by atoms with Gasteiger partial charge in [0.1, 0.15) is 5.82 Å². The van der Waals surface area contributed by atoms with Crippen LogP contribution >= 0.6 is 0 Å². The van der Waals surface area contributed by atoms with Crippen molar-refractivity contribution in [2.75, 3.05) is 37.4 Å². The van der Waals surface area contributed by atoms with Crippen molar-refractivity contribution in [3.8, 4) is 0 Å². The van der Waals surface area contributed by atoms with Crippen LogP contribution in [-0.4, -0.2) is 36.8 Å². The molecule has 5 nitrogen and oxygen atoms in total. The lowest BCUT2D eigenvalue weighted by atomic mass is 10.1. The second-order valence-corrected chi connectivity index (χ2v) is 4.80. The molecule has 0 amide bonds. The molecule has 1 aromatic heterocycles. The van der Waals surface area contributed by atoms with Crippen molar-refractivity contribution < 1.29 is 4.74 Å². The minimum atomic E-state index is 0.633. The fourth-order valence-electron chi connectivity index (χ4n) is 1.98. The molecule has 2 N–H and O–H groups in total. The fourth-order valence-corrected chi connectivity index (χ4v) is 1.98. The maximum atomic E-state index is 5.00. The molecule has 0 saturated heterocycles. The molecule has 0 aliphatic rings. The summed E-state index contributed by atoms with van der Waals surface area (Å²) in [6.45, 7) is 4.14. The minimum absolute atomic E-state index is 0.633. The summed E-state index contributed by atoms with van der Waals surface area (Å²) >= 11 is 0. The average molecular weight is 286 g/mol. The Morgan fingerprint density at radius 2 is 1.86 bits per heavy atom. The molecular weight excluding hydrogens is 264 g/mol. The van der Waals surface area contributed by atoms with E-state index in [-0.39, 0.29) is 0 Å². The predicted molar refractivity (Wildman–Crippen MR) is 85.8 cm³/mol. The van der Waals surface area contributed by atoms with E-state index < -0.39 is 0 Å². The molecule has 2 rings (SSSR count). The van der Waals surface area contributed by atoms with E-state index in [1.54, 1.807) is 7.11 Å². The van der Waals surface area contributed by atoms with Gasteiger partial charge < -0.3 is 15.4 Å². The Morgan fingerprint density at radius 3 is 2.62 bits per heavy atom. The number of nitrogens with zero attached hydrogens (tertiary/aromatic N) is 2. The van der Waals surface area contributed by atoms with Crippen molar-refractivity contribution in [2.45, 2.75) is 13.3 Å². The number of nitrogens with one attached hydrogen (secondary N) is 2. The van der Waals surface area contributed by atoms with Crippen LogP contribution in [0.2, 0.25) is 0 Å². The van der Waals surface area contributed by atoms with Crippen molar-refractivity contribution in [1.29, 1.82) is 0 Å². The number of rotatable bonds is 8. The van der Waals surface area contributed by atoms with Crippen LogP contribution in [0.1, 0.15) is 11.3 Å². The van der Waals surface area contributed by atoms with Crippen molar-refractivity contribution in [3.63, 3.8) is 0 Å². The van der Waals surface area contributed by atoms with E-state index in [1.165, 1.54) is 5.56 Å². The molecule has 0 unspecified atom stereocenters. The van der Waals surface area contributed by atoms with Crippen LogP contribution in [0.5, 0.6) is 0 Å². The van der Waals surface area contributed by atoms with Crippen molar-refractivity contribution >= 4 is 11.8 Å². The number of aryl methyl sites for hydroxylation is 1. The van der Waals surface area contributed by atoms with E-state index in [2.05, 4.69) is 44.9 Å². The summed E-state index contributed by atoms with van der Waals surface area (Å²) in [5.41, 5.74) is 2.25. The molecule has 0 radical (unpaired) electrons. The second kappa shape index (κ2) is 8.21. The number of methoxy groups -OCH3 is 1. The second-order valence-electron chi connectivity index (χ2n) is 4.80. The molecule has 0 atom stereocenters. The van der Waals surface area contributed by atoms with Gasteiger partial charge in [0, 0.05) is 32.0 Å². The Hall–Kier alpha value is -2.14. The van der Waals surface area contributed by atoms with Gasteiger partial charge in [-0.1, -0.05) is 30.3 Å². The lowest BCUT2D eigenvalue weighted by Gasteiger charge is -2.09. The molecule has 2 aromatic rings. The van der Waals surface area contributed by atoms with E-state index >= 15 is 0 Å². The van der Waals surface area contributed by atoms with Gasteiger partial charge in [0.25, 0.3) is 0 Å². The topological polar surface area (TPSA) is 59.1 Å². The maximum absolute atomic E-state index is 5.00. The Balaban J connectivity index is 1.87. The molecule has 0 fully saturated rings. The molecule has 1 heterocycles. The molecule has 21 heavy (non-hydrogen) atoms. The first-order chi connectivity index (χ1) is 10.3. The van der Waals surface area contributed by atoms with Gasteiger partial charge in [-0.25, -0.2) is 4.98 Å². The normalized spacial score (nSPS) is 10.4. The number of ether oxygens (including phenoxy) is 1. The van der Waals surface area contributed by atoms with E-state index in [0.717, 1.165) is 24.5 Å². The van der Waals surface area contributed by atoms with Crippen LogP contribution in [-0.2, 0) is 11.2 Å². The zero-order chi connectivity index (χ0) is 14.9. The van der Waals surface area contributed by atoms with E-state index in [1.807, 2.05) is 19.1 Å². The van der Waals surface area contributed by atoms with E-state index in [0.29, 0.717) is 19.1 Å². The van der Waals surface area contributed by atoms with Crippen molar-refractivity contribution in [3.05, 3.63) is 47.7 Å². The molecule has 0 aliphatic carbocycles. The number of hydrogen-bond acceptors (Lipinski definition) is 5. The summed E-state index contributed by atoms with van der Waals surface area (Å²) in [5.74, 6) is 1.48. The van der Waals surface area contributed by atoms with Crippen LogP contribution in [0, 0.1) is 6.92 Å². The first-order valence-corrected chi connectivity index (χ1v) is 7.14. The predicted octanol–water partition coefficient (Wildman–Crippen LogP) is 2.50.